The lowest BCUT2D eigenvalue weighted by Crippen LogP contribution is -2.37. The quantitative estimate of drug-likeness (QED) is 0.179. The lowest BCUT2D eigenvalue weighted by atomic mass is 9.88. The van der Waals surface area contributed by atoms with Gasteiger partial charge in [-0.15, -0.1) is 0 Å². The fraction of sp³-hybridized carbons (Fsp3) is 0.244. The van der Waals surface area contributed by atoms with E-state index in [9.17, 15) is 4.79 Å². The third-order valence-corrected chi connectivity index (χ3v) is 10.8. The summed E-state index contributed by atoms with van der Waals surface area (Å²) in [5, 5.41) is 4.92. The molecule has 2 aliphatic carbocycles. The molecule has 2 aromatic carbocycles. The summed E-state index contributed by atoms with van der Waals surface area (Å²) in [6.45, 7) is 5.59. The van der Waals surface area contributed by atoms with Crippen LogP contribution in [0.1, 0.15) is 77.4 Å². The molecule has 0 spiro atoms. The largest absolute Gasteiger partial charge is 0.450 e. The van der Waals surface area contributed by atoms with Gasteiger partial charge in [0.25, 0.3) is 0 Å². The average molecular weight is 847 g/mol. The molecular weight excluding hydrogens is 811 g/mol. The Hall–Kier alpha value is -3.53. The van der Waals surface area contributed by atoms with Gasteiger partial charge in [0.2, 0.25) is 0 Å². The lowest BCUT2D eigenvalue weighted by Gasteiger charge is -2.29. The average Bonchev–Trinajstić information content (AvgIpc) is 3.39. The fourth-order valence-corrected chi connectivity index (χ4v) is 8.17. The van der Waals surface area contributed by atoms with Gasteiger partial charge in [-0.05, 0) is 136 Å². The minimum absolute atomic E-state index is 0.233. The van der Waals surface area contributed by atoms with E-state index in [0.29, 0.717) is 24.7 Å². The van der Waals surface area contributed by atoms with Crippen LogP contribution in [0.25, 0.3) is 35.5 Å². The predicted octanol–water partition coefficient (Wildman–Crippen LogP) is 11.2. The van der Waals surface area contributed by atoms with Crippen molar-refractivity contribution in [2.45, 2.75) is 32.6 Å². The number of nitrogens with zero attached hydrogens (tertiary/aromatic N) is 3. The monoisotopic (exact) mass is 844 g/mol. The van der Waals surface area contributed by atoms with E-state index in [1.807, 2.05) is 43.6 Å². The third kappa shape index (κ3) is 7.96. The van der Waals surface area contributed by atoms with Crippen molar-refractivity contribution in [3.8, 4) is 0 Å². The Morgan fingerprint density at radius 2 is 1.20 bits per heavy atom. The molecule has 1 amide bonds. The summed E-state index contributed by atoms with van der Waals surface area (Å²) < 4.78 is 7.09. The topological polar surface area (TPSA) is 67.3 Å². The Kier molecular flexibility index (Phi) is 11.3. The standard InChI is InChI=1S/C22H20BrClN2O2.C19H16BrClN2/c1-2-28-22(27)26-9-7-14(8-10-26)20-19-6-5-18(24)12-15(19)3-4-16-11-17(23)13-25-21(16)20;20-15-9-14-2-1-13-10-16(21)3-4-17(13)18(19(14)23-11-15)12-5-7-22-8-6-12/h3-6,11-13H,2,7-10H2,1H3;1-4,9-11,22H,5-8H2. The maximum Gasteiger partial charge on any atom is 0.409 e. The van der Waals surface area contributed by atoms with Gasteiger partial charge in [0.1, 0.15) is 0 Å². The van der Waals surface area contributed by atoms with Gasteiger partial charge >= 0.3 is 6.09 Å². The van der Waals surface area contributed by atoms with Crippen LogP contribution in [0.2, 0.25) is 10.0 Å². The number of likely N-dealkylation sites (tertiary alicyclic amines) is 1. The number of amides is 1. The van der Waals surface area contributed by atoms with Crippen molar-refractivity contribution in [1.29, 1.82) is 0 Å². The number of ether oxygens (including phenoxy) is 1. The molecule has 4 aromatic rings. The highest BCUT2D eigenvalue weighted by Crippen LogP contribution is 2.40. The van der Waals surface area contributed by atoms with Crippen molar-refractivity contribution >= 4 is 96.6 Å². The van der Waals surface area contributed by atoms with E-state index < -0.39 is 0 Å². The van der Waals surface area contributed by atoms with E-state index in [4.69, 9.17) is 37.9 Å². The zero-order valence-electron chi connectivity index (χ0n) is 28.1. The van der Waals surface area contributed by atoms with Crippen molar-refractivity contribution in [3.05, 3.63) is 136 Å². The van der Waals surface area contributed by atoms with Crippen LogP contribution in [-0.4, -0.2) is 53.7 Å². The van der Waals surface area contributed by atoms with Crippen molar-refractivity contribution in [2.75, 3.05) is 32.8 Å². The highest BCUT2D eigenvalue weighted by molar-refractivity contribution is 9.10. The molecule has 0 saturated carbocycles. The van der Waals surface area contributed by atoms with Gasteiger partial charge < -0.3 is 15.0 Å². The Balaban J connectivity index is 0.000000162. The molecule has 10 heteroatoms. The second kappa shape index (κ2) is 16.0. The van der Waals surface area contributed by atoms with E-state index in [0.717, 1.165) is 97.5 Å². The van der Waals surface area contributed by atoms with Crippen LogP contribution in [0, 0.1) is 0 Å². The Morgan fingerprint density at radius 1 is 0.725 bits per heavy atom. The normalized spacial score (nSPS) is 16.2. The van der Waals surface area contributed by atoms with Crippen LogP contribution in [0.3, 0.4) is 0 Å². The first-order valence-electron chi connectivity index (χ1n) is 17.1. The minimum atomic E-state index is -0.233. The predicted molar refractivity (Wildman–Crippen MR) is 217 cm³/mol. The number of fused-ring (bicyclic) bond motifs is 4. The molecular formula is C41H36Br2Cl2N4O2. The summed E-state index contributed by atoms with van der Waals surface area (Å²) in [7, 11) is 0. The number of aromatic nitrogens is 2. The second-order valence-corrected chi connectivity index (χ2v) is 15.4. The molecule has 8 rings (SSSR count). The zero-order valence-corrected chi connectivity index (χ0v) is 32.8. The third-order valence-electron chi connectivity index (χ3n) is 9.50. The smallest absolute Gasteiger partial charge is 0.409 e. The first-order valence-corrected chi connectivity index (χ1v) is 19.5. The number of nitrogens with one attached hydrogen (secondary N) is 1. The molecule has 0 radical (unpaired) electrons. The molecule has 2 aliphatic heterocycles. The molecule has 2 saturated heterocycles. The maximum absolute atomic E-state index is 12.1. The van der Waals surface area contributed by atoms with E-state index in [1.165, 1.54) is 22.3 Å². The van der Waals surface area contributed by atoms with Crippen LogP contribution >= 0.6 is 55.1 Å². The maximum atomic E-state index is 12.1. The summed E-state index contributed by atoms with van der Waals surface area (Å²) in [6, 6.07) is 16.3. The highest BCUT2D eigenvalue weighted by Gasteiger charge is 2.26. The Bertz CT molecular complexity index is 2010. The Morgan fingerprint density at radius 3 is 1.69 bits per heavy atom. The summed E-state index contributed by atoms with van der Waals surface area (Å²) in [6.07, 6.45) is 15.7. The Labute approximate surface area is 325 Å². The van der Waals surface area contributed by atoms with E-state index >= 15 is 0 Å². The molecule has 2 fully saturated rings. The van der Waals surface area contributed by atoms with Gasteiger partial charge in [-0.2, -0.15) is 0 Å². The zero-order chi connectivity index (χ0) is 35.5. The molecule has 51 heavy (non-hydrogen) atoms. The first kappa shape index (κ1) is 35.9. The van der Waals surface area contributed by atoms with Gasteiger partial charge in [-0.3, -0.25) is 9.97 Å². The highest BCUT2D eigenvalue weighted by atomic mass is 79.9. The lowest BCUT2D eigenvalue weighted by molar-refractivity contribution is 0.104. The van der Waals surface area contributed by atoms with Gasteiger partial charge in [0, 0.05) is 66.7 Å². The van der Waals surface area contributed by atoms with Crippen molar-refractivity contribution < 1.29 is 9.53 Å². The molecule has 0 unspecified atom stereocenters. The number of halogens is 4. The molecule has 0 atom stereocenters. The molecule has 0 bridgehead atoms. The van der Waals surface area contributed by atoms with E-state index in [-0.39, 0.29) is 6.09 Å². The molecule has 4 heterocycles. The number of benzene rings is 2. The minimum Gasteiger partial charge on any atom is -0.450 e. The molecule has 6 nitrogen and oxygen atoms in total. The van der Waals surface area contributed by atoms with Crippen LogP contribution in [-0.2, 0) is 4.74 Å². The molecule has 4 aliphatic rings. The van der Waals surface area contributed by atoms with Crippen molar-refractivity contribution in [1.82, 2.24) is 20.2 Å². The van der Waals surface area contributed by atoms with Crippen molar-refractivity contribution in [3.63, 3.8) is 0 Å². The first-order chi connectivity index (χ1) is 24.8. The second-order valence-electron chi connectivity index (χ2n) is 12.7. The summed E-state index contributed by atoms with van der Waals surface area (Å²) in [5.41, 5.74) is 14.1. The molecule has 1 N–H and O–H groups in total. The van der Waals surface area contributed by atoms with Crippen LogP contribution in [0.4, 0.5) is 4.79 Å². The van der Waals surface area contributed by atoms with E-state index in [2.05, 4.69) is 85.7 Å². The molecule has 260 valence electrons. The fourth-order valence-electron chi connectivity index (χ4n) is 7.11. The van der Waals surface area contributed by atoms with Gasteiger partial charge in [0.15, 0.2) is 0 Å². The SMILES string of the molecule is CCOC(=O)N1CCC(=C2c3ccc(Cl)cc3C=Cc3cc(Br)cnc32)CC1.Clc1ccc2c(c1)C=Cc1cc(Br)cnc1C2=C1CCNCC1. The van der Waals surface area contributed by atoms with Crippen molar-refractivity contribution in [2.24, 2.45) is 0 Å². The van der Waals surface area contributed by atoms with Gasteiger partial charge in [-0.1, -0.05) is 70.8 Å². The number of hydrogen-bond donors (Lipinski definition) is 1. The molecule has 2 aromatic heterocycles. The van der Waals surface area contributed by atoms with Crippen LogP contribution < -0.4 is 5.32 Å². The van der Waals surface area contributed by atoms with Gasteiger partial charge in [-0.25, -0.2) is 4.79 Å². The number of pyridine rings is 2. The number of rotatable bonds is 1. The van der Waals surface area contributed by atoms with Crippen LogP contribution in [0.5, 0.6) is 0 Å². The number of carbonyl (C=O) groups excluding carboxylic acids is 1. The van der Waals surface area contributed by atoms with Gasteiger partial charge in [0.05, 0.1) is 18.0 Å². The van der Waals surface area contributed by atoms with Crippen LogP contribution in [0.15, 0.2) is 81.0 Å². The number of piperidine rings is 2. The number of carbonyl (C=O) groups is 1. The summed E-state index contributed by atoms with van der Waals surface area (Å²) in [5.74, 6) is 0. The van der Waals surface area contributed by atoms with E-state index in [1.54, 1.807) is 4.90 Å². The summed E-state index contributed by atoms with van der Waals surface area (Å²) >= 11 is 19.5. The summed E-state index contributed by atoms with van der Waals surface area (Å²) in [4.78, 5) is 23.3. The number of hydrogen-bond acceptors (Lipinski definition) is 5.